The average molecular weight is 280 g/mol. The number of aromatic carboxylic acids is 1. The van der Waals surface area contributed by atoms with E-state index in [9.17, 15) is 19.7 Å². The van der Waals surface area contributed by atoms with Crippen LogP contribution in [0.15, 0.2) is 6.07 Å². The van der Waals surface area contributed by atoms with Gasteiger partial charge in [0.25, 0.3) is 5.69 Å². The summed E-state index contributed by atoms with van der Waals surface area (Å²) in [4.78, 5) is 33.1. The summed E-state index contributed by atoms with van der Waals surface area (Å²) in [6.45, 7) is 4.92. The third-order valence-electron chi connectivity index (χ3n) is 3.05. The zero-order valence-corrected chi connectivity index (χ0v) is 11.5. The fraction of sp³-hybridized carbons (Fsp3) is 0.385. The molecule has 0 aliphatic rings. The van der Waals surface area contributed by atoms with Crippen LogP contribution in [0.25, 0.3) is 0 Å². The molecular formula is C13H16N2O5. The standard InChI is InChI=1S/C13H16N2O5/c1-4-5-11(16)14-12-8(3)7(2)9(13(17)18)6-10(12)15(19)20/h6H,4-5H2,1-3H3,(H,14,16)(H,17,18). The lowest BCUT2D eigenvalue weighted by Crippen LogP contribution is -2.15. The number of hydrogen-bond donors (Lipinski definition) is 2. The molecule has 0 heterocycles. The van der Waals surface area contributed by atoms with Crippen molar-refractivity contribution < 1.29 is 19.6 Å². The van der Waals surface area contributed by atoms with Crippen molar-refractivity contribution in [1.29, 1.82) is 0 Å². The molecule has 20 heavy (non-hydrogen) atoms. The molecule has 0 aliphatic carbocycles. The summed E-state index contributed by atoms with van der Waals surface area (Å²) in [6.07, 6.45) is 0.862. The first-order valence-electron chi connectivity index (χ1n) is 6.11. The van der Waals surface area contributed by atoms with Gasteiger partial charge in [0.15, 0.2) is 0 Å². The van der Waals surface area contributed by atoms with E-state index in [4.69, 9.17) is 5.11 Å². The number of benzene rings is 1. The van der Waals surface area contributed by atoms with E-state index in [0.717, 1.165) is 6.07 Å². The Morgan fingerprint density at radius 3 is 2.40 bits per heavy atom. The van der Waals surface area contributed by atoms with Gasteiger partial charge in [-0.1, -0.05) is 6.92 Å². The molecule has 0 radical (unpaired) electrons. The van der Waals surface area contributed by atoms with Gasteiger partial charge in [-0.15, -0.1) is 0 Å². The molecule has 0 aliphatic heterocycles. The Kier molecular flexibility index (Phi) is 4.79. The number of nitro benzene ring substituents is 1. The summed E-state index contributed by atoms with van der Waals surface area (Å²) in [6, 6.07) is 0.978. The Labute approximate surface area is 115 Å². The number of anilines is 1. The van der Waals surface area contributed by atoms with E-state index in [0.29, 0.717) is 17.5 Å². The Morgan fingerprint density at radius 1 is 1.35 bits per heavy atom. The number of nitrogens with one attached hydrogen (secondary N) is 1. The van der Waals surface area contributed by atoms with Crippen LogP contribution in [-0.4, -0.2) is 21.9 Å². The highest BCUT2D eigenvalue weighted by Gasteiger charge is 2.24. The van der Waals surface area contributed by atoms with Crippen LogP contribution in [-0.2, 0) is 4.79 Å². The number of carboxylic acids is 1. The van der Waals surface area contributed by atoms with Gasteiger partial charge in [0.2, 0.25) is 5.91 Å². The Bertz CT molecular complexity index is 581. The maximum atomic E-state index is 11.6. The summed E-state index contributed by atoms with van der Waals surface area (Å²) in [7, 11) is 0. The van der Waals surface area contributed by atoms with Crippen LogP contribution >= 0.6 is 0 Å². The van der Waals surface area contributed by atoms with Crippen molar-refractivity contribution in [3.8, 4) is 0 Å². The van der Waals surface area contributed by atoms with Gasteiger partial charge in [-0.2, -0.15) is 0 Å². The maximum absolute atomic E-state index is 11.6. The smallest absolute Gasteiger partial charge is 0.336 e. The fourth-order valence-electron chi connectivity index (χ4n) is 1.85. The number of nitro groups is 1. The lowest BCUT2D eigenvalue weighted by Gasteiger charge is -2.13. The predicted molar refractivity (Wildman–Crippen MR) is 73.1 cm³/mol. The lowest BCUT2D eigenvalue weighted by atomic mass is 9.99. The van der Waals surface area contributed by atoms with E-state index in [-0.39, 0.29) is 23.6 Å². The first kappa shape index (κ1) is 15.6. The topological polar surface area (TPSA) is 110 Å². The molecule has 1 aromatic rings. The molecule has 7 nitrogen and oxygen atoms in total. The summed E-state index contributed by atoms with van der Waals surface area (Å²) >= 11 is 0. The number of nitrogens with zero attached hydrogens (tertiary/aromatic N) is 1. The number of amides is 1. The van der Waals surface area contributed by atoms with Gasteiger partial charge in [-0.25, -0.2) is 4.79 Å². The molecule has 0 aromatic heterocycles. The van der Waals surface area contributed by atoms with Crippen LogP contribution in [0.4, 0.5) is 11.4 Å². The normalized spacial score (nSPS) is 10.2. The predicted octanol–water partition coefficient (Wildman–Crippen LogP) is 2.65. The van der Waals surface area contributed by atoms with Gasteiger partial charge in [0.1, 0.15) is 5.69 Å². The average Bonchev–Trinajstić information content (AvgIpc) is 2.34. The van der Waals surface area contributed by atoms with Crippen molar-refractivity contribution in [3.63, 3.8) is 0 Å². The first-order valence-corrected chi connectivity index (χ1v) is 6.11. The van der Waals surface area contributed by atoms with Crippen molar-refractivity contribution in [2.45, 2.75) is 33.6 Å². The van der Waals surface area contributed by atoms with E-state index in [2.05, 4.69) is 5.32 Å². The minimum atomic E-state index is -1.24. The van der Waals surface area contributed by atoms with Gasteiger partial charge in [0.05, 0.1) is 10.5 Å². The second-order valence-corrected chi connectivity index (χ2v) is 4.43. The van der Waals surface area contributed by atoms with E-state index in [1.54, 1.807) is 13.8 Å². The highest BCUT2D eigenvalue weighted by molar-refractivity contribution is 5.98. The van der Waals surface area contributed by atoms with Crippen molar-refractivity contribution in [2.75, 3.05) is 5.32 Å². The van der Waals surface area contributed by atoms with E-state index in [1.165, 1.54) is 0 Å². The molecule has 0 unspecified atom stereocenters. The molecule has 7 heteroatoms. The number of carbonyl (C=O) groups is 2. The van der Waals surface area contributed by atoms with Crippen molar-refractivity contribution in [3.05, 3.63) is 32.9 Å². The van der Waals surface area contributed by atoms with Gasteiger partial charge in [-0.3, -0.25) is 14.9 Å². The molecular weight excluding hydrogens is 264 g/mol. The SMILES string of the molecule is CCCC(=O)Nc1c([N+](=O)[O-])cc(C(=O)O)c(C)c1C. The molecule has 0 saturated heterocycles. The quantitative estimate of drug-likeness (QED) is 0.636. The van der Waals surface area contributed by atoms with Crippen LogP contribution in [0.3, 0.4) is 0 Å². The van der Waals surface area contributed by atoms with Gasteiger partial charge in [-0.05, 0) is 31.4 Å². The largest absolute Gasteiger partial charge is 0.478 e. The molecule has 1 aromatic carbocycles. The highest BCUT2D eigenvalue weighted by Crippen LogP contribution is 2.33. The zero-order chi connectivity index (χ0) is 15.4. The Morgan fingerprint density at radius 2 is 1.95 bits per heavy atom. The summed E-state index contributed by atoms with van der Waals surface area (Å²) in [5, 5.41) is 22.6. The minimum Gasteiger partial charge on any atom is -0.478 e. The molecule has 1 rings (SSSR count). The monoisotopic (exact) mass is 280 g/mol. The van der Waals surface area contributed by atoms with Crippen LogP contribution in [0.5, 0.6) is 0 Å². The van der Waals surface area contributed by atoms with Crippen molar-refractivity contribution >= 4 is 23.3 Å². The van der Waals surface area contributed by atoms with Crippen molar-refractivity contribution in [1.82, 2.24) is 0 Å². The maximum Gasteiger partial charge on any atom is 0.336 e. The number of carboxylic acid groups (broad SMARTS) is 1. The van der Waals surface area contributed by atoms with Crippen LogP contribution in [0, 0.1) is 24.0 Å². The third kappa shape index (κ3) is 3.11. The van der Waals surface area contributed by atoms with Crippen LogP contribution < -0.4 is 5.32 Å². The second kappa shape index (κ2) is 6.14. The summed E-state index contributed by atoms with van der Waals surface area (Å²) in [5.41, 5.74) is 0.310. The number of rotatable bonds is 5. The van der Waals surface area contributed by atoms with E-state index >= 15 is 0 Å². The van der Waals surface area contributed by atoms with Crippen molar-refractivity contribution in [2.24, 2.45) is 0 Å². The molecule has 0 spiro atoms. The first-order chi connectivity index (χ1) is 9.29. The second-order valence-electron chi connectivity index (χ2n) is 4.43. The van der Waals surface area contributed by atoms with E-state index in [1.807, 2.05) is 6.92 Å². The Hall–Kier alpha value is -2.44. The van der Waals surface area contributed by atoms with Crippen LogP contribution in [0.2, 0.25) is 0 Å². The van der Waals surface area contributed by atoms with Gasteiger partial charge in [0, 0.05) is 12.5 Å². The molecule has 1 amide bonds. The molecule has 0 fully saturated rings. The molecule has 2 N–H and O–H groups in total. The third-order valence-corrected chi connectivity index (χ3v) is 3.05. The van der Waals surface area contributed by atoms with Crippen LogP contribution in [0.1, 0.15) is 41.3 Å². The zero-order valence-electron chi connectivity index (χ0n) is 11.5. The molecule has 108 valence electrons. The summed E-state index contributed by atoms with van der Waals surface area (Å²) < 4.78 is 0. The van der Waals surface area contributed by atoms with Gasteiger partial charge < -0.3 is 10.4 Å². The number of hydrogen-bond acceptors (Lipinski definition) is 4. The number of carbonyl (C=O) groups excluding carboxylic acids is 1. The molecule has 0 atom stereocenters. The minimum absolute atomic E-state index is 0.0657. The van der Waals surface area contributed by atoms with E-state index < -0.39 is 16.6 Å². The summed E-state index contributed by atoms with van der Waals surface area (Å²) in [5.74, 6) is -1.57. The molecule has 0 bridgehead atoms. The highest BCUT2D eigenvalue weighted by atomic mass is 16.6. The van der Waals surface area contributed by atoms with Gasteiger partial charge >= 0.3 is 5.97 Å². The fourth-order valence-corrected chi connectivity index (χ4v) is 1.85. The Balaban J connectivity index is 3.42. The lowest BCUT2D eigenvalue weighted by molar-refractivity contribution is -0.384. The molecule has 0 saturated carbocycles.